The molecule has 0 amide bonds. The highest BCUT2D eigenvalue weighted by atomic mass is 35.5. The van der Waals surface area contributed by atoms with E-state index in [1.807, 2.05) is 0 Å². The summed E-state index contributed by atoms with van der Waals surface area (Å²) >= 11 is 0. The molecule has 0 aliphatic heterocycles. The summed E-state index contributed by atoms with van der Waals surface area (Å²) in [5.74, 6) is -1.06. The Hall–Kier alpha value is -1.99. The summed E-state index contributed by atoms with van der Waals surface area (Å²) < 4.78 is 10.7. The minimum absolute atomic E-state index is 0. The number of benzene rings is 1. The third-order valence-electron chi connectivity index (χ3n) is 2.80. The van der Waals surface area contributed by atoms with Crippen LogP contribution in [0.2, 0.25) is 0 Å². The molecule has 0 fully saturated rings. The zero-order chi connectivity index (χ0) is 16.0. The summed E-state index contributed by atoms with van der Waals surface area (Å²) in [5, 5.41) is 17.7. The Balaban J connectivity index is 0.00000441. The molecule has 1 atom stereocenters. The highest BCUT2D eigenvalue weighted by molar-refractivity contribution is 5.76. The molecular weight excluding hydrogens is 314 g/mol. The van der Waals surface area contributed by atoms with Gasteiger partial charge in [0.1, 0.15) is 11.5 Å². The molecule has 0 heterocycles. The van der Waals surface area contributed by atoms with Gasteiger partial charge < -0.3 is 37.8 Å². The van der Waals surface area contributed by atoms with Crippen LogP contribution in [0.3, 0.4) is 0 Å². The van der Waals surface area contributed by atoms with Gasteiger partial charge in [0.05, 0.1) is 6.61 Å². The normalized spacial score (nSPS) is 12.0. The Morgan fingerprint density at radius 2 is 1.68 bits per heavy atom. The fourth-order valence-corrected chi connectivity index (χ4v) is 1.38. The Labute approximate surface area is 134 Å². The van der Waals surface area contributed by atoms with Crippen molar-refractivity contribution in [3.63, 3.8) is 0 Å². The molecule has 0 aliphatic carbocycles. The van der Waals surface area contributed by atoms with Crippen molar-refractivity contribution in [2.75, 3.05) is 6.61 Å². The number of halogens is 1. The topological polar surface area (TPSA) is 121 Å². The Morgan fingerprint density at radius 1 is 1.18 bits per heavy atom. The summed E-state index contributed by atoms with van der Waals surface area (Å²) in [5.41, 5.74) is 2.17. The number of carbonyl (C=O) groups is 2. The van der Waals surface area contributed by atoms with Gasteiger partial charge in [0.25, 0.3) is 0 Å². The maximum atomic E-state index is 10.9. The van der Waals surface area contributed by atoms with Gasteiger partial charge in [-0.15, -0.1) is 0 Å². The standard InChI is InChI=1S/C14H19NO6.ClH/c1-14(2,13(18)19)21-10-5-3-9(4-6-10)20-8-7-11(15)12(16)17;/h3-6,11H,7-8,15H2,1-2H3,(H,16,17)(H,18,19);1H. The molecule has 0 aliphatic rings. The third kappa shape index (κ3) is 6.19. The number of quaternary nitrogens is 1. The van der Waals surface area contributed by atoms with Crippen molar-refractivity contribution in [2.45, 2.75) is 31.9 Å². The molecule has 1 aromatic carbocycles. The second-order valence-corrected chi connectivity index (χ2v) is 5.06. The number of hydrogen-bond donors (Lipinski definition) is 3. The molecule has 0 saturated heterocycles. The van der Waals surface area contributed by atoms with E-state index in [0.29, 0.717) is 17.9 Å². The average molecular weight is 334 g/mol. The largest absolute Gasteiger partial charge is 1.00 e. The SMILES string of the molecule is CC(C)(Oc1ccc(OCCC([NH3+])C(=O)O)cc1)C(=O)O.[Cl-]. The molecule has 1 aromatic rings. The summed E-state index contributed by atoms with van der Waals surface area (Å²) in [6.45, 7) is 3.15. The summed E-state index contributed by atoms with van der Waals surface area (Å²) in [7, 11) is 0. The number of carboxylic acids is 2. The van der Waals surface area contributed by atoms with Crippen LogP contribution in [0.5, 0.6) is 11.5 Å². The molecule has 0 radical (unpaired) electrons. The molecule has 5 N–H and O–H groups in total. The molecule has 7 nitrogen and oxygen atoms in total. The van der Waals surface area contributed by atoms with Gasteiger partial charge in [-0.3, -0.25) is 0 Å². The van der Waals surface area contributed by atoms with Gasteiger partial charge in [-0.05, 0) is 38.1 Å². The molecule has 0 aromatic heterocycles. The van der Waals surface area contributed by atoms with Crippen molar-refractivity contribution in [2.24, 2.45) is 0 Å². The Kier molecular flexibility index (Phi) is 7.69. The molecule has 22 heavy (non-hydrogen) atoms. The zero-order valence-electron chi connectivity index (χ0n) is 12.4. The van der Waals surface area contributed by atoms with E-state index in [2.05, 4.69) is 5.73 Å². The van der Waals surface area contributed by atoms with E-state index in [0.717, 1.165) is 0 Å². The lowest BCUT2D eigenvalue weighted by molar-refractivity contribution is -0.409. The lowest BCUT2D eigenvalue weighted by Crippen LogP contribution is -3.00. The van der Waals surface area contributed by atoms with E-state index in [9.17, 15) is 9.59 Å². The van der Waals surface area contributed by atoms with Crippen LogP contribution in [0.15, 0.2) is 24.3 Å². The number of carboxylic acid groups (broad SMARTS) is 2. The van der Waals surface area contributed by atoms with Crippen LogP contribution >= 0.6 is 0 Å². The quantitative estimate of drug-likeness (QED) is 0.479. The molecule has 0 spiro atoms. The van der Waals surface area contributed by atoms with Crippen LogP contribution in [0.1, 0.15) is 20.3 Å². The van der Waals surface area contributed by atoms with E-state index in [4.69, 9.17) is 19.7 Å². The fourth-order valence-electron chi connectivity index (χ4n) is 1.38. The number of hydrogen-bond acceptors (Lipinski definition) is 4. The van der Waals surface area contributed by atoms with E-state index < -0.39 is 23.6 Å². The predicted octanol–water partition coefficient (Wildman–Crippen LogP) is -2.60. The van der Waals surface area contributed by atoms with Gasteiger partial charge in [-0.25, -0.2) is 9.59 Å². The first-order valence-corrected chi connectivity index (χ1v) is 6.43. The van der Waals surface area contributed by atoms with Crippen LogP contribution < -0.4 is 27.6 Å². The highest BCUT2D eigenvalue weighted by Crippen LogP contribution is 2.22. The van der Waals surface area contributed by atoms with Crippen molar-refractivity contribution in [3.8, 4) is 11.5 Å². The number of rotatable bonds is 8. The van der Waals surface area contributed by atoms with Crippen LogP contribution in [0.4, 0.5) is 0 Å². The van der Waals surface area contributed by atoms with Crippen molar-refractivity contribution >= 4 is 11.9 Å². The van der Waals surface area contributed by atoms with Crippen molar-refractivity contribution in [3.05, 3.63) is 24.3 Å². The fraction of sp³-hybridized carbons (Fsp3) is 0.429. The molecular formula is C14H20ClNO6. The molecule has 8 heteroatoms. The molecule has 1 unspecified atom stereocenters. The number of aliphatic carboxylic acids is 2. The first-order valence-electron chi connectivity index (χ1n) is 6.43. The first-order chi connectivity index (χ1) is 9.72. The zero-order valence-corrected chi connectivity index (χ0v) is 13.2. The van der Waals surface area contributed by atoms with Gasteiger partial charge in [-0.1, -0.05) is 0 Å². The smallest absolute Gasteiger partial charge is 0.362 e. The monoisotopic (exact) mass is 333 g/mol. The number of ether oxygens (including phenoxy) is 2. The van der Waals surface area contributed by atoms with Gasteiger partial charge in [0, 0.05) is 6.42 Å². The minimum Gasteiger partial charge on any atom is -1.00 e. The maximum absolute atomic E-state index is 10.9. The van der Waals surface area contributed by atoms with E-state index in [1.165, 1.54) is 13.8 Å². The van der Waals surface area contributed by atoms with E-state index in [-0.39, 0.29) is 19.0 Å². The second-order valence-electron chi connectivity index (χ2n) is 5.06. The highest BCUT2D eigenvalue weighted by Gasteiger charge is 2.29. The summed E-state index contributed by atoms with van der Waals surface area (Å²) in [6.07, 6.45) is 0.305. The predicted molar refractivity (Wildman–Crippen MR) is 73.2 cm³/mol. The van der Waals surface area contributed by atoms with Gasteiger partial charge in [0.15, 0.2) is 11.6 Å². The van der Waals surface area contributed by atoms with E-state index >= 15 is 0 Å². The Morgan fingerprint density at radius 3 is 2.14 bits per heavy atom. The summed E-state index contributed by atoms with van der Waals surface area (Å²) in [4.78, 5) is 21.5. The van der Waals surface area contributed by atoms with Crippen molar-refractivity contribution in [1.29, 1.82) is 0 Å². The molecule has 0 saturated carbocycles. The second kappa shape index (κ2) is 8.45. The van der Waals surface area contributed by atoms with Crippen molar-refractivity contribution < 1.29 is 47.4 Å². The average Bonchev–Trinajstić information content (AvgIpc) is 2.40. The summed E-state index contributed by atoms with van der Waals surface area (Å²) in [6, 6.07) is 5.75. The Bertz CT molecular complexity index is 503. The molecule has 0 bridgehead atoms. The van der Waals surface area contributed by atoms with Crippen LogP contribution in [0, 0.1) is 0 Å². The molecule has 124 valence electrons. The third-order valence-corrected chi connectivity index (χ3v) is 2.80. The van der Waals surface area contributed by atoms with Gasteiger partial charge in [-0.2, -0.15) is 0 Å². The first kappa shape index (κ1) is 20.0. The lowest BCUT2D eigenvalue weighted by atomic mass is 10.1. The maximum Gasteiger partial charge on any atom is 0.362 e. The van der Waals surface area contributed by atoms with Crippen LogP contribution in [0.25, 0.3) is 0 Å². The van der Waals surface area contributed by atoms with Gasteiger partial charge in [0.2, 0.25) is 0 Å². The van der Waals surface area contributed by atoms with Gasteiger partial charge >= 0.3 is 11.9 Å². The lowest BCUT2D eigenvalue weighted by Gasteiger charge is -2.21. The van der Waals surface area contributed by atoms with Crippen LogP contribution in [-0.4, -0.2) is 40.4 Å². The minimum atomic E-state index is -1.31. The van der Waals surface area contributed by atoms with Crippen LogP contribution in [-0.2, 0) is 9.59 Å². The molecule has 1 rings (SSSR count). The van der Waals surface area contributed by atoms with Crippen molar-refractivity contribution in [1.82, 2.24) is 0 Å². The van der Waals surface area contributed by atoms with E-state index in [1.54, 1.807) is 24.3 Å².